The zero-order valence-electron chi connectivity index (χ0n) is 28.6. The first kappa shape index (κ1) is 35.3. The smallest absolute Gasteiger partial charge is 0.310 e. The summed E-state index contributed by atoms with van der Waals surface area (Å²) < 4.78 is 0. The molecule has 0 bridgehead atoms. The van der Waals surface area contributed by atoms with Crippen LogP contribution in [0.15, 0.2) is 188 Å². The molecule has 0 heterocycles. The maximum absolute atomic E-state index is 3.33. The molecule has 0 amide bonds. The summed E-state index contributed by atoms with van der Waals surface area (Å²) in [4.78, 5) is 2.35. The molecular formula is C47H42AuNP+. The normalized spacial score (nSPS) is 12.1. The number of fused-ring (bicyclic) bond motifs is 3. The van der Waals surface area contributed by atoms with E-state index in [-0.39, 0.29) is 27.8 Å². The van der Waals surface area contributed by atoms with Crippen molar-refractivity contribution in [2.24, 2.45) is 0 Å². The number of hydrogen-bond donors (Lipinski definition) is 0. The Morgan fingerprint density at radius 3 is 1.34 bits per heavy atom. The summed E-state index contributed by atoms with van der Waals surface area (Å²) in [5, 5.41) is 4.31. The SMILES string of the molecule is CCC1(CC)c2c[c-]ccc2-c2ccc(N(c3ccccc3)c3ccccc3)cc21.[Au+].c1ccc([PH+](c2ccccc2)c2ccccc2)cc1. The Morgan fingerprint density at radius 1 is 0.480 bits per heavy atom. The van der Waals surface area contributed by atoms with Crippen molar-refractivity contribution >= 4 is 40.9 Å². The third-order valence-electron chi connectivity index (χ3n) is 9.87. The molecule has 7 aromatic carbocycles. The van der Waals surface area contributed by atoms with Gasteiger partial charge in [-0.15, -0.1) is 11.1 Å². The van der Waals surface area contributed by atoms with Crippen molar-refractivity contribution in [1.29, 1.82) is 0 Å². The van der Waals surface area contributed by atoms with Crippen molar-refractivity contribution in [3.05, 3.63) is 205 Å². The van der Waals surface area contributed by atoms with Crippen LogP contribution in [0, 0.1) is 6.07 Å². The second-order valence-electron chi connectivity index (χ2n) is 12.5. The minimum atomic E-state index is -0.877. The van der Waals surface area contributed by atoms with Crippen LogP contribution in [0.1, 0.15) is 37.8 Å². The van der Waals surface area contributed by atoms with Crippen LogP contribution in [0.5, 0.6) is 0 Å². The average molecular weight is 849 g/mol. The molecule has 7 aromatic rings. The quantitative estimate of drug-likeness (QED) is 0.0837. The van der Waals surface area contributed by atoms with Gasteiger partial charge < -0.3 is 4.90 Å². The van der Waals surface area contributed by atoms with E-state index in [4.69, 9.17) is 0 Å². The van der Waals surface area contributed by atoms with Gasteiger partial charge in [0.05, 0.1) is 7.92 Å². The molecule has 0 radical (unpaired) electrons. The van der Waals surface area contributed by atoms with Crippen molar-refractivity contribution in [2.75, 3.05) is 4.90 Å². The van der Waals surface area contributed by atoms with E-state index in [2.05, 4.69) is 207 Å². The van der Waals surface area contributed by atoms with Gasteiger partial charge in [0, 0.05) is 17.1 Å². The zero-order valence-corrected chi connectivity index (χ0v) is 31.7. The second-order valence-corrected chi connectivity index (χ2v) is 15.0. The summed E-state index contributed by atoms with van der Waals surface area (Å²) >= 11 is 0. The second kappa shape index (κ2) is 16.5. The van der Waals surface area contributed by atoms with Crippen molar-refractivity contribution in [3.8, 4) is 11.1 Å². The number of anilines is 3. The topological polar surface area (TPSA) is 3.24 Å². The standard InChI is InChI=1S/C29H26N.C18H15P.Au/c1-3-29(4-2)27-18-12-11-17-25(27)26-20-19-24(21-28(26)29)30(22-13-7-5-8-14-22)23-15-9-6-10-16-23;1-4-10-16(11-5-1)19(17-12-6-2-7-13-17)18-14-8-3-9-15-18;/h5-11,13-21H,3-4H2,1-2H3;1-15H;/q-1;;+1/p+1. The van der Waals surface area contributed by atoms with Crippen LogP contribution >= 0.6 is 7.92 Å². The minimum absolute atomic E-state index is 0. The summed E-state index contributed by atoms with van der Waals surface area (Å²) in [6, 6.07) is 70.6. The largest absolute Gasteiger partial charge is 1.00 e. The van der Waals surface area contributed by atoms with Gasteiger partial charge in [0.25, 0.3) is 0 Å². The molecule has 1 aliphatic carbocycles. The first-order chi connectivity index (χ1) is 24.2. The number of nitrogens with zero attached hydrogens (tertiary/aromatic N) is 1. The van der Waals surface area contributed by atoms with Crippen molar-refractivity contribution in [1.82, 2.24) is 0 Å². The first-order valence-corrected chi connectivity index (χ1v) is 18.8. The van der Waals surface area contributed by atoms with E-state index in [9.17, 15) is 0 Å². The molecule has 0 unspecified atom stereocenters. The molecule has 0 fully saturated rings. The molecule has 0 spiro atoms. The van der Waals surface area contributed by atoms with E-state index in [1.165, 1.54) is 55.2 Å². The monoisotopic (exact) mass is 848 g/mol. The number of para-hydroxylation sites is 2. The fourth-order valence-corrected chi connectivity index (χ4v) is 10.0. The van der Waals surface area contributed by atoms with Crippen LogP contribution in [-0.4, -0.2) is 0 Å². The van der Waals surface area contributed by atoms with Crippen molar-refractivity contribution in [2.45, 2.75) is 32.1 Å². The van der Waals surface area contributed by atoms with Crippen LogP contribution < -0.4 is 20.8 Å². The van der Waals surface area contributed by atoms with Gasteiger partial charge in [0.15, 0.2) is 0 Å². The van der Waals surface area contributed by atoms with Crippen LogP contribution in [0.2, 0.25) is 0 Å². The molecule has 250 valence electrons. The molecule has 0 saturated carbocycles. The molecule has 0 aromatic heterocycles. The Bertz CT molecular complexity index is 1950. The summed E-state index contributed by atoms with van der Waals surface area (Å²) in [6.45, 7) is 4.63. The fraction of sp³-hybridized carbons (Fsp3) is 0.106. The number of rotatable bonds is 8. The van der Waals surface area contributed by atoms with Gasteiger partial charge in [-0.25, -0.2) is 0 Å². The third-order valence-corrected chi connectivity index (χ3v) is 12.6. The first-order valence-electron chi connectivity index (χ1n) is 17.3. The van der Waals surface area contributed by atoms with Gasteiger partial charge in [-0.2, -0.15) is 24.3 Å². The Balaban J connectivity index is 0.000000187. The Labute approximate surface area is 314 Å². The summed E-state index contributed by atoms with van der Waals surface area (Å²) in [7, 11) is -0.877. The average Bonchev–Trinajstić information content (AvgIpc) is 3.47. The van der Waals surface area contributed by atoms with E-state index < -0.39 is 7.92 Å². The van der Waals surface area contributed by atoms with E-state index >= 15 is 0 Å². The Morgan fingerprint density at radius 2 is 0.900 bits per heavy atom. The maximum atomic E-state index is 3.33. The van der Waals surface area contributed by atoms with Gasteiger partial charge in [0.2, 0.25) is 0 Å². The van der Waals surface area contributed by atoms with Crippen LogP contribution in [0.25, 0.3) is 11.1 Å². The van der Waals surface area contributed by atoms with Crippen LogP contribution in [-0.2, 0) is 27.8 Å². The molecule has 0 aliphatic heterocycles. The molecule has 50 heavy (non-hydrogen) atoms. The fourth-order valence-electron chi connectivity index (χ4n) is 7.44. The Hall–Kier alpha value is -4.49. The summed E-state index contributed by atoms with van der Waals surface area (Å²) in [5.41, 5.74) is 9.20. The van der Waals surface area contributed by atoms with Gasteiger partial charge in [-0.1, -0.05) is 124 Å². The van der Waals surface area contributed by atoms with E-state index in [1.807, 2.05) is 6.07 Å². The van der Waals surface area contributed by atoms with Crippen molar-refractivity contribution in [3.63, 3.8) is 0 Å². The number of hydrogen-bond acceptors (Lipinski definition) is 1. The Kier molecular flexibility index (Phi) is 11.6. The van der Waals surface area contributed by atoms with Crippen molar-refractivity contribution < 1.29 is 22.4 Å². The molecule has 1 aliphatic rings. The predicted octanol–water partition coefficient (Wildman–Crippen LogP) is 11.2. The minimum Gasteiger partial charge on any atom is -0.310 e. The van der Waals surface area contributed by atoms with Crippen LogP contribution in [0.4, 0.5) is 17.1 Å². The molecule has 3 heteroatoms. The predicted molar refractivity (Wildman–Crippen MR) is 213 cm³/mol. The maximum Gasteiger partial charge on any atom is 1.00 e. The van der Waals surface area contributed by atoms with Gasteiger partial charge in [-0.05, 0) is 89.3 Å². The molecule has 0 N–H and O–H groups in total. The molecule has 0 atom stereocenters. The molecule has 1 nitrogen and oxygen atoms in total. The zero-order chi connectivity index (χ0) is 33.5. The van der Waals surface area contributed by atoms with E-state index in [0.29, 0.717) is 0 Å². The summed E-state index contributed by atoms with van der Waals surface area (Å²) in [5.74, 6) is 0. The third kappa shape index (κ3) is 7.06. The summed E-state index contributed by atoms with van der Waals surface area (Å²) in [6.07, 6.45) is 2.17. The van der Waals surface area contributed by atoms with Gasteiger partial charge >= 0.3 is 22.4 Å². The van der Waals surface area contributed by atoms with E-state index in [1.54, 1.807) is 0 Å². The van der Waals surface area contributed by atoms with Crippen LogP contribution in [0.3, 0.4) is 0 Å². The molecule has 8 rings (SSSR count). The number of benzene rings is 7. The molecular weight excluding hydrogens is 806 g/mol. The van der Waals surface area contributed by atoms with Gasteiger partial charge in [0.1, 0.15) is 15.9 Å². The molecule has 0 saturated heterocycles. The van der Waals surface area contributed by atoms with Gasteiger partial charge in [-0.3, -0.25) is 0 Å². The van der Waals surface area contributed by atoms with E-state index in [0.717, 1.165) is 12.8 Å².